The van der Waals surface area contributed by atoms with E-state index in [1.54, 1.807) is 6.20 Å². The van der Waals surface area contributed by atoms with Crippen molar-refractivity contribution < 1.29 is 4.42 Å². The highest BCUT2D eigenvalue weighted by molar-refractivity contribution is 5.67. The van der Waals surface area contributed by atoms with Crippen molar-refractivity contribution in [2.45, 2.75) is 6.42 Å². The van der Waals surface area contributed by atoms with Crippen LogP contribution in [-0.2, 0) is 6.42 Å². The quantitative estimate of drug-likeness (QED) is 0.652. The molecule has 0 aliphatic carbocycles. The Morgan fingerprint density at radius 3 is 2.69 bits per heavy atom. The van der Waals surface area contributed by atoms with Gasteiger partial charge >= 0.3 is 0 Å². The Morgan fingerprint density at radius 1 is 1.00 bits per heavy atom. The first-order valence-electron chi connectivity index (χ1n) is 5.16. The first-order valence-corrected chi connectivity index (χ1v) is 5.16. The largest absolute Gasteiger partial charge is 0.422 e. The molecule has 0 radical (unpaired) electrons. The van der Waals surface area contributed by atoms with E-state index in [0.29, 0.717) is 18.0 Å². The Labute approximate surface area is 92.8 Å². The predicted octanol–water partition coefficient (Wildman–Crippen LogP) is 2.81. The van der Waals surface area contributed by atoms with E-state index in [9.17, 15) is 0 Å². The van der Waals surface area contributed by atoms with Gasteiger partial charge in [0.15, 0.2) is 0 Å². The Kier molecular flexibility index (Phi) is 2.14. The van der Waals surface area contributed by atoms with Crippen LogP contribution in [0, 0.1) is 0 Å². The molecule has 78 valence electrons. The Balaban J connectivity index is 1.95. The molecule has 2 heterocycles. The zero-order valence-electron chi connectivity index (χ0n) is 8.63. The van der Waals surface area contributed by atoms with Gasteiger partial charge in [0.2, 0.25) is 11.6 Å². The van der Waals surface area contributed by atoms with Gasteiger partial charge in [0.05, 0.1) is 0 Å². The summed E-state index contributed by atoms with van der Waals surface area (Å²) in [6, 6.07) is 13.9. The second-order valence-electron chi connectivity index (χ2n) is 3.60. The molecule has 3 heteroatoms. The average molecular weight is 210 g/mol. The van der Waals surface area contributed by atoms with Crippen LogP contribution in [0.15, 0.2) is 53.1 Å². The number of hydrogen-bond donors (Lipinski definition) is 0. The summed E-state index contributed by atoms with van der Waals surface area (Å²) < 4.78 is 5.55. The van der Waals surface area contributed by atoms with Crippen molar-refractivity contribution in [3.8, 4) is 0 Å². The van der Waals surface area contributed by atoms with E-state index < -0.39 is 0 Å². The van der Waals surface area contributed by atoms with Crippen LogP contribution in [0.4, 0.5) is 0 Å². The predicted molar refractivity (Wildman–Crippen MR) is 61.1 cm³/mol. The van der Waals surface area contributed by atoms with Gasteiger partial charge in [0, 0.05) is 12.6 Å². The van der Waals surface area contributed by atoms with Crippen molar-refractivity contribution in [1.82, 2.24) is 9.97 Å². The van der Waals surface area contributed by atoms with E-state index in [1.807, 2.05) is 30.3 Å². The highest BCUT2D eigenvalue weighted by Gasteiger charge is 2.06. The topological polar surface area (TPSA) is 38.9 Å². The summed E-state index contributed by atoms with van der Waals surface area (Å²) in [4.78, 5) is 8.49. The minimum absolute atomic E-state index is 0.605. The zero-order valence-corrected chi connectivity index (χ0v) is 8.63. The molecule has 0 saturated carbocycles. The van der Waals surface area contributed by atoms with Crippen molar-refractivity contribution in [2.75, 3.05) is 0 Å². The van der Waals surface area contributed by atoms with Crippen molar-refractivity contribution in [1.29, 1.82) is 0 Å². The number of nitrogens with zero attached hydrogens (tertiary/aromatic N) is 2. The monoisotopic (exact) mass is 210 g/mol. The van der Waals surface area contributed by atoms with Crippen LogP contribution in [0.5, 0.6) is 0 Å². The summed E-state index contributed by atoms with van der Waals surface area (Å²) in [5.41, 5.74) is 2.61. The fourth-order valence-electron chi connectivity index (χ4n) is 1.66. The van der Waals surface area contributed by atoms with Gasteiger partial charge in [-0.05, 0) is 17.7 Å². The van der Waals surface area contributed by atoms with Gasteiger partial charge in [-0.25, -0.2) is 9.97 Å². The van der Waals surface area contributed by atoms with Gasteiger partial charge in [-0.15, -0.1) is 0 Å². The second kappa shape index (κ2) is 3.77. The van der Waals surface area contributed by atoms with Crippen LogP contribution < -0.4 is 0 Å². The highest BCUT2D eigenvalue weighted by Crippen LogP contribution is 2.14. The Bertz CT molecular complexity index is 568. The lowest BCUT2D eigenvalue weighted by Crippen LogP contribution is -1.86. The molecule has 16 heavy (non-hydrogen) atoms. The van der Waals surface area contributed by atoms with Crippen LogP contribution in [0.2, 0.25) is 0 Å². The van der Waals surface area contributed by atoms with Gasteiger partial charge in [0.25, 0.3) is 0 Å². The molecule has 3 nitrogen and oxygen atoms in total. The summed E-state index contributed by atoms with van der Waals surface area (Å²) in [5, 5.41) is 0. The molecule has 0 aliphatic heterocycles. The molecule has 0 spiro atoms. The number of benzene rings is 1. The second-order valence-corrected chi connectivity index (χ2v) is 3.60. The lowest BCUT2D eigenvalue weighted by molar-refractivity contribution is 0.535. The molecule has 0 N–H and O–H groups in total. The lowest BCUT2D eigenvalue weighted by Gasteiger charge is -1.94. The summed E-state index contributed by atoms with van der Waals surface area (Å²) in [6.07, 6.45) is 2.41. The number of fused-ring (bicyclic) bond motifs is 1. The maximum absolute atomic E-state index is 5.55. The molecule has 0 amide bonds. The average Bonchev–Trinajstić information content (AvgIpc) is 2.72. The van der Waals surface area contributed by atoms with Crippen LogP contribution >= 0.6 is 0 Å². The maximum atomic E-state index is 5.55. The minimum atomic E-state index is 0.605. The molecular formula is C13H10N2O. The van der Waals surface area contributed by atoms with E-state index in [0.717, 1.165) is 5.52 Å². The van der Waals surface area contributed by atoms with Gasteiger partial charge in [-0.1, -0.05) is 30.3 Å². The first-order chi connectivity index (χ1) is 7.92. The van der Waals surface area contributed by atoms with Gasteiger partial charge in [-0.2, -0.15) is 0 Å². The molecule has 1 aromatic carbocycles. The number of aromatic nitrogens is 2. The summed E-state index contributed by atoms with van der Waals surface area (Å²) in [5.74, 6) is 0.708. The fourth-order valence-corrected chi connectivity index (χ4v) is 1.66. The van der Waals surface area contributed by atoms with Gasteiger partial charge in [0.1, 0.15) is 5.52 Å². The van der Waals surface area contributed by atoms with E-state index >= 15 is 0 Å². The number of hydrogen-bond acceptors (Lipinski definition) is 3. The maximum Gasteiger partial charge on any atom is 0.246 e. The molecule has 0 atom stereocenters. The normalized spacial score (nSPS) is 10.8. The Morgan fingerprint density at radius 2 is 1.88 bits per heavy atom. The smallest absolute Gasteiger partial charge is 0.246 e. The lowest BCUT2D eigenvalue weighted by atomic mass is 10.1. The zero-order chi connectivity index (χ0) is 10.8. The SMILES string of the molecule is c1ccc(Cc2nc3cccnc3o2)cc1. The van der Waals surface area contributed by atoms with Gasteiger partial charge in [-0.3, -0.25) is 0 Å². The van der Waals surface area contributed by atoms with Gasteiger partial charge < -0.3 is 4.42 Å². The van der Waals surface area contributed by atoms with E-state index in [4.69, 9.17) is 4.42 Å². The summed E-state index contributed by atoms with van der Waals surface area (Å²) >= 11 is 0. The van der Waals surface area contributed by atoms with Crippen molar-refractivity contribution in [2.24, 2.45) is 0 Å². The minimum Gasteiger partial charge on any atom is -0.422 e. The fraction of sp³-hybridized carbons (Fsp3) is 0.0769. The standard InChI is InChI=1S/C13H10N2O/c1-2-5-10(6-3-1)9-12-15-11-7-4-8-14-13(11)16-12/h1-8H,9H2. The van der Waals surface area contributed by atoms with E-state index in [-0.39, 0.29) is 0 Å². The third-order valence-electron chi connectivity index (χ3n) is 2.41. The summed E-state index contributed by atoms with van der Waals surface area (Å²) in [7, 11) is 0. The summed E-state index contributed by atoms with van der Waals surface area (Å²) in [6.45, 7) is 0. The first kappa shape index (κ1) is 9.09. The van der Waals surface area contributed by atoms with E-state index in [1.165, 1.54) is 5.56 Å². The van der Waals surface area contributed by atoms with Crippen molar-refractivity contribution in [3.05, 3.63) is 60.1 Å². The van der Waals surface area contributed by atoms with E-state index in [2.05, 4.69) is 22.1 Å². The number of oxazole rings is 1. The van der Waals surface area contributed by atoms with Crippen molar-refractivity contribution in [3.63, 3.8) is 0 Å². The van der Waals surface area contributed by atoms with Crippen LogP contribution in [0.25, 0.3) is 11.2 Å². The molecule has 2 aromatic heterocycles. The van der Waals surface area contributed by atoms with Crippen LogP contribution in [-0.4, -0.2) is 9.97 Å². The molecule has 0 bridgehead atoms. The Hall–Kier alpha value is -2.16. The molecule has 0 aliphatic rings. The molecule has 0 saturated heterocycles. The third kappa shape index (κ3) is 1.67. The van der Waals surface area contributed by atoms with Crippen LogP contribution in [0.1, 0.15) is 11.5 Å². The number of pyridine rings is 1. The van der Waals surface area contributed by atoms with Crippen LogP contribution in [0.3, 0.4) is 0 Å². The molecule has 0 fully saturated rings. The molecule has 3 aromatic rings. The molecule has 3 rings (SSSR count). The third-order valence-corrected chi connectivity index (χ3v) is 2.41. The highest BCUT2D eigenvalue weighted by atomic mass is 16.4. The molecule has 0 unspecified atom stereocenters. The molecular weight excluding hydrogens is 200 g/mol. The number of rotatable bonds is 2. The van der Waals surface area contributed by atoms with Crippen molar-refractivity contribution >= 4 is 11.2 Å².